The molecule has 0 heterocycles. The van der Waals surface area contributed by atoms with Crippen LogP contribution in [-0.2, 0) is 9.47 Å². The summed E-state index contributed by atoms with van der Waals surface area (Å²) in [7, 11) is 0. The third-order valence-electron chi connectivity index (χ3n) is 7.00. The van der Waals surface area contributed by atoms with Crippen molar-refractivity contribution in [3.8, 4) is 0 Å². The highest BCUT2D eigenvalue weighted by molar-refractivity contribution is 5.81. The van der Waals surface area contributed by atoms with Crippen molar-refractivity contribution in [3.05, 3.63) is 12.3 Å². The highest BCUT2D eigenvalue weighted by Crippen LogP contribution is 2.31. The van der Waals surface area contributed by atoms with Crippen molar-refractivity contribution in [3.63, 3.8) is 0 Å². The molecule has 34 heavy (non-hydrogen) atoms. The quantitative estimate of drug-likeness (QED) is 0.138. The van der Waals surface area contributed by atoms with Crippen LogP contribution >= 0.6 is 0 Å². The van der Waals surface area contributed by atoms with E-state index in [1.807, 2.05) is 0 Å². The van der Waals surface area contributed by atoms with Crippen LogP contribution in [0.2, 0.25) is 0 Å². The molecule has 11 heteroatoms. The zero-order valence-electron chi connectivity index (χ0n) is 20.3. The van der Waals surface area contributed by atoms with E-state index in [1.165, 1.54) is 6.92 Å². The van der Waals surface area contributed by atoms with Gasteiger partial charge in [0.05, 0.1) is 36.4 Å². The maximum absolute atomic E-state index is 13.1. The Morgan fingerprint density at radius 2 is 1.76 bits per heavy atom. The van der Waals surface area contributed by atoms with Crippen LogP contribution < -0.4 is 27.8 Å². The summed E-state index contributed by atoms with van der Waals surface area (Å²) in [5.41, 5.74) is 19.0. The first kappa shape index (κ1) is 28.8. The summed E-state index contributed by atoms with van der Waals surface area (Å²) in [6, 6.07) is -0.952. The smallest absolute Gasteiger partial charge is 0.248 e. The van der Waals surface area contributed by atoms with Crippen LogP contribution in [0.3, 0.4) is 0 Å². The molecule has 0 aromatic carbocycles. The minimum atomic E-state index is -2.64. The van der Waals surface area contributed by atoms with Gasteiger partial charge >= 0.3 is 0 Å². The Kier molecular flexibility index (Phi) is 11.6. The average molecular weight is 493 g/mol. The maximum atomic E-state index is 13.1. The molecule has 9 unspecified atom stereocenters. The standard InChI is InChI=1S/C23H43F3N6O2/c1-12(22(25)26)23(30)32-18-9-17(29)20(10-21(18)33-14(3)13(2)27)34-19-8-15(4-5-16(19)28)11-31-7-6-24/h12,14-22,31H,2,4-11,27-29H2,1,3H3,(H2,30,32). The number of rotatable bonds is 12. The number of nitrogens with two attached hydrogens (primary N) is 3. The highest BCUT2D eigenvalue weighted by atomic mass is 19.3. The van der Waals surface area contributed by atoms with Crippen molar-refractivity contribution < 1.29 is 22.6 Å². The number of amidine groups is 1. The van der Waals surface area contributed by atoms with E-state index < -0.39 is 37.3 Å². The second-order valence-corrected chi connectivity index (χ2v) is 9.76. The largest absolute Gasteiger partial charge is 0.400 e. The van der Waals surface area contributed by atoms with Crippen molar-refractivity contribution in [2.75, 3.05) is 19.8 Å². The van der Waals surface area contributed by atoms with Gasteiger partial charge < -0.3 is 37.3 Å². The van der Waals surface area contributed by atoms with Crippen LogP contribution in [0.25, 0.3) is 0 Å². The Balaban J connectivity index is 2.06. The van der Waals surface area contributed by atoms with Gasteiger partial charge in [-0.1, -0.05) is 6.58 Å². The summed E-state index contributed by atoms with van der Waals surface area (Å²) in [5, 5.41) is 14.1. The normalized spacial score (nSPS) is 33.9. The molecule has 0 amide bonds. The van der Waals surface area contributed by atoms with E-state index in [0.29, 0.717) is 37.5 Å². The monoisotopic (exact) mass is 492 g/mol. The third-order valence-corrected chi connectivity index (χ3v) is 7.00. The Morgan fingerprint density at radius 1 is 1.09 bits per heavy atom. The number of alkyl halides is 3. The number of hydrogen-bond acceptors (Lipinski definition) is 7. The van der Waals surface area contributed by atoms with Gasteiger partial charge in [-0.25, -0.2) is 13.2 Å². The van der Waals surface area contributed by atoms with Gasteiger partial charge in [0.2, 0.25) is 6.43 Å². The Hall–Kier alpha value is -1.40. The number of hydrogen-bond donors (Lipinski definition) is 6. The van der Waals surface area contributed by atoms with Crippen LogP contribution in [0.1, 0.15) is 46.0 Å². The number of ether oxygens (including phenoxy) is 2. The maximum Gasteiger partial charge on any atom is 0.248 e. The predicted molar refractivity (Wildman–Crippen MR) is 128 cm³/mol. The van der Waals surface area contributed by atoms with E-state index in [4.69, 9.17) is 32.1 Å². The van der Waals surface area contributed by atoms with Crippen LogP contribution in [0.5, 0.6) is 0 Å². The predicted octanol–water partition coefficient (Wildman–Crippen LogP) is 1.63. The first-order valence-electron chi connectivity index (χ1n) is 12.2. The molecule has 0 spiro atoms. The fraction of sp³-hybridized carbons (Fsp3) is 0.870. The van der Waals surface area contributed by atoms with Gasteiger partial charge in [0.25, 0.3) is 0 Å². The van der Waals surface area contributed by atoms with Crippen molar-refractivity contribution in [1.82, 2.24) is 10.6 Å². The topological polar surface area (TPSA) is 144 Å². The number of nitrogens with one attached hydrogen (secondary N) is 3. The van der Waals surface area contributed by atoms with E-state index in [9.17, 15) is 13.2 Å². The van der Waals surface area contributed by atoms with Crippen molar-refractivity contribution in [2.45, 2.75) is 94.9 Å². The van der Waals surface area contributed by atoms with E-state index in [-0.39, 0.29) is 30.1 Å². The van der Waals surface area contributed by atoms with Crippen LogP contribution in [0, 0.1) is 17.2 Å². The lowest BCUT2D eigenvalue weighted by Crippen LogP contribution is -2.59. The van der Waals surface area contributed by atoms with E-state index >= 15 is 0 Å². The van der Waals surface area contributed by atoms with Gasteiger partial charge in [-0.05, 0) is 52.0 Å². The Morgan fingerprint density at radius 3 is 2.38 bits per heavy atom. The summed E-state index contributed by atoms with van der Waals surface area (Å²) in [6.45, 7) is 7.44. The average Bonchev–Trinajstić information content (AvgIpc) is 2.78. The fourth-order valence-electron chi connectivity index (χ4n) is 4.60. The molecule has 198 valence electrons. The molecule has 2 fully saturated rings. The van der Waals surface area contributed by atoms with Gasteiger partial charge in [0.15, 0.2) is 0 Å². The van der Waals surface area contributed by atoms with Crippen LogP contribution in [0.15, 0.2) is 12.3 Å². The second-order valence-electron chi connectivity index (χ2n) is 9.76. The minimum Gasteiger partial charge on any atom is -0.400 e. The minimum absolute atomic E-state index is 0.123. The van der Waals surface area contributed by atoms with Crippen LogP contribution in [0.4, 0.5) is 13.2 Å². The molecule has 2 saturated carbocycles. The van der Waals surface area contributed by atoms with Crippen molar-refractivity contribution >= 4 is 5.84 Å². The molecule has 0 aromatic rings. The van der Waals surface area contributed by atoms with Gasteiger partial charge in [0.1, 0.15) is 12.5 Å². The lowest BCUT2D eigenvalue weighted by Gasteiger charge is -2.44. The molecular formula is C23H43F3N6O2. The summed E-state index contributed by atoms with van der Waals surface area (Å²) < 4.78 is 51.1. The van der Waals surface area contributed by atoms with E-state index in [2.05, 4.69) is 17.2 Å². The molecule has 0 saturated heterocycles. The first-order valence-corrected chi connectivity index (χ1v) is 12.2. The molecule has 2 rings (SSSR count). The molecule has 0 bridgehead atoms. The second kappa shape index (κ2) is 13.6. The SMILES string of the molecule is C=C(N)C(C)OC1CC(OC2CC(CNCCF)CCC2N)C(N)CC1NC(=N)C(C)C(F)F. The van der Waals surface area contributed by atoms with Crippen molar-refractivity contribution in [1.29, 1.82) is 5.41 Å². The van der Waals surface area contributed by atoms with Gasteiger partial charge in [-0.3, -0.25) is 5.41 Å². The lowest BCUT2D eigenvalue weighted by molar-refractivity contribution is -0.115. The highest BCUT2D eigenvalue weighted by Gasteiger charge is 2.41. The number of halogens is 3. The molecule has 2 aliphatic rings. The summed E-state index contributed by atoms with van der Waals surface area (Å²) in [4.78, 5) is 0. The lowest BCUT2D eigenvalue weighted by atomic mass is 9.82. The fourth-order valence-corrected chi connectivity index (χ4v) is 4.60. The summed E-state index contributed by atoms with van der Waals surface area (Å²) >= 11 is 0. The molecule has 0 radical (unpaired) electrons. The zero-order valence-corrected chi connectivity index (χ0v) is 20.3. The molecule has 0 aromatic heterocycles. The van der Waals surface area contributed by atoms with Gasteiger partial charge in [0, 0.05) is 30.7 Å². The first-order chi connectivity index (χ1) is 16.0. The zero-order chi connectivity index (χ0) is 25.4. The summed E-state index contributed by atoms with van der Waals surface area (Å²) in [5.74, 6) is -1.14. The van der Waals surface area contributed by atoms with Gasteiger partial charge in [-0.2, -0.15) is 0 Å². The van der Waals surface area contributed by atoms with E-state index in [1.54, 1.807) is 6.92 Å². The molecule has 8 nitrogen and oxygen atoms in total. The third kappa shape index (κ3) is 8.37. The molecule has 9 N–H and O–H groups in total. The van der Waals surface area contributed by atoms with Crippen molar-refractivity contribution in [2.24, 2.45) is 29.0 Å². The summed E-state index contributed by atoms with van der Waals surface area (Å²) in [6.07, 6.45) is -0.814. The molecular weight excluding hydrogens is 449 g/mol. The van der Waals surface area contributed by atoms with Gasteiger partial charge in [-0.15, -0.1) is 0 Å². The molecule has 2 aliphatic carbocycles. The Bertz CT molecular complexity index is 658. The van der Waals surface area contributed by atoms with Crippen LogP contribution in [-0.4, -0.2) is 74.6 Å². The molecule has 9 atom stereocenters. The molecule has 0 aliphatic heterocycles. The van der Waals surface area contributed by atoms with E-state index in [0.717, 1.165) is 19.3 Å². The Labute approximate surface area is 201 Å².